The number of piperidine rings is 1. The molecule has 0 spiro atoms. The van der Waals surface area contributed by atoms with E-state index in [1.165, 1.54) is 0 Å². The summed E-state index contributed by atoms with van der Waals surface area (Å²) in [5.41, 5.74) is 1.92. The molecule has 130 valence electrons. The first-order valence-electron chi connectivity index (χ1n) is 8.25. The number of nitrogens with zero attached hydrogens (tertiary/aromatic N) is 1. The molecule has 2 heterocycles. The minimum Gasteiger partial charge on any atom is -0.361 e. The molecular weight excluding hydrogens is 326 g/mol. The standard InChI is InChI=1S/C17H23N3O3S/c1-24(22,23)19-16(17(21)20-9-5-2-6-10-20)11-13-12-18-15-8-4-3-7-14(13)15/h3-4,7-8,12,16,18-19H,2,5-6,9-11H2,1H3/t16-/m0/s1. The number of nitrogens with one attached hydrogen (secondary N) is 2. The maximum atomic E-state index is 12.8. The molecule has 1 saturated heterocycles. The monoisotopic (exact) mass is 349 g/mol. The van der Waals surface area contributed by atoms with Gasteiger partial charge in [0.25, 0.3) is 0 Å². The number of rotatable bonds is 5. The van der Waals surface area contributed by atoms with Crippen LogP contribution in [-0.2, 0) is 21.2 Å². The third-order valence-electron chi connectivity index (χ3n) is 4.42. The van der Waals surface area contributed by atoms with Gasteiger partial charge in [0.05, 0.1) is 6.26 Å². The highest BCUT2D eigenvalue weighted by Crippen LogP contribution is 2.20. The van der Waals surface area contributed by atoms with Crippen LogP contribution in [0.1, 0.15) is 24.8 Å². The molecule has 2 aromatic rings. The molecule has 24 heavy (non-hydrogen) atoms. The Balaban J connectivity index is 1.85. The fourth-order valence-electron chi connectivity index (χ4n) is 3.29. The number of amides is 1. The number of para-hydroxylation sites is 1. The zero-order valence-electron chi connectivity index (χ0n) is 13.8. The molecule has 0 radical (unpaired) electrons. The van der Waals surface area contributed by atoms with Gasteiger partial charge in [-0.05, 0) is 37.3 Å². The van der Waals surface area contributed by atoms with E-state index in [-0.39, 0.29) is 5.91 Å². The SMILES string of the molecule is CS(=O)(=O)N[C@@H](Cc1c[nH]c2ccccc12)C(=O)N1CCCCC1. The van der Waals surface area contributed by atoms with Gasteiger partial charge in [0.15, 0.2) is 0 Å². The largest absolute Gasteiger partial charge is 0.361 e. The molecule has 1 aromatic carbocycles. The summed E-state index contributed by atoms with van der Waals surface area (Å²) < 4.78 is 26.0. The minimum absolute atomic E-state index is 0.134. The average Bonchev–Trinajstić information content (AvgIpc) is 2.96. The second-order valence-electron chi connectivity index (χ2n) is 6.39. The van der Waals surface area contributed by atoms with Crippen molar-refractivity contribution in [2.75, 3.05) is 19.3 Å². The summed E-state index contributed by atoms with van der Waals surface area (Å²) in [6.45, 7) is 1.41. The lowest BCUT2D eigenvalue weighted by molar-refractivity contribution is -0.133. The van der Waals surface area contributed by atoms with Crippen molar-refractivity contribution in [1.82, 2.24) is 14.6 Å². The summed E-state index contributed by atoms with van der Waals surface area (Å²) in [4.78, 5) is 17.8. The normalized spacial score (nSPS) is 17.1. The van der Waals surface area contributed by atoms with Crippen LogP contribution < -0.4 is 4.72 Å². The van der Waals surface area contributed by atoms with Crippen LogP contribution >= 0.6 is 0 Å². The van der Waals surface area contributed by atoms with Gasteiger partial charge in [-0.1, -0.05) is 18.2 Å². The van der Waals surface area contributed by atoms with Crippen LogP contribution in [0.2, 0.25) is 0 Å². The highest BCUT2D eigenvalue weighted by Gasteiger charge is 2.28. The van der Waals surface area contributed by atoms with E-state index in [9.17, 15) is 13.2 Å². The van der Waals surface area contributed by atoms with Crippen LogP contribution in [0.4, 0.5) is 0 Å². The molecule has 2 N–H and O–H groups in total. The molecule has 0 unspecified atom stereocenters. The van der Waals surface area contributed by atoms with Gasteiger partial charge >= 0.3 is 0 Å². The third-order valence-corrected chi connectivity index (χ3v) is 5.13. The van der Waals surface area contributed by atoms with Crippen LogP contribution in [0.5, 0.6) is 0 Å². The van der Waals surface area contributed by atoms with E-state index in [2.05, 4.69) is 9.71 Å². The number of H-pyrrole nitrogens is 1. The van der Waals surface area contributed by atoms with Crippen molar-refractivity contribution >= 4 is 26.8 Å². The number of likely N-dealkylation sites (tertiary alicyclic amines) is 1. The first-order valence-corrected chi connectivity index (χ1v) is 10.1. The zero-order valence-corrected chi connectivity index (χ0v) is 14.6. The van der Waals surface area contributed by atoms with Crippen molar-refractivity contribution in [2.24, 2.45) is 0 Å². The Labute approximate surface area is 142 Å². The summed E-state index contributed by atoms with van der Waals surface area (Å²) in [5, 5.41) is 1.02. The lowest BCUT2D eigenvalue weighted by Crippen LogP contribution is -2.50. The Hall–Kier alpha value is -1.86. The Bertz CT molecular complexity index is 822. The lowest BCUT2D eigenvalue weighted by Gasteiger charge is -2.30. The highest BCUT2D eigenvalue weighted by atomic mass is 32.2. The van der Waals surface area contributed by atoms with Crippen molar-refractivity contribution < 1.29 is 13.2 Å². The van der Waals surface area contributed by atoms with Crippen LogP contribution in [0.25, 0.3) is 10.9 Å². The number of benzene rings is 1. The third kappa shape index (κ3) is 3.96. The smallest absolute Gasteiger partial charge is 0.241 e. The molecule has 1 aromatic heterocycles. The summed E-state index contributed by atoms with van der Waals surface area (Å²) in [5.74, 6) is -0.134. The second-order valence-corrected chi connectivity index (χ2v) is 8.17. The van der Waals surface area contributed by atoms with Gasteiger partial charge in [0.2, 0.25) is 15.9 Å². The van der Waals surface area contributed by atoms with E-state index in [0.29, 0.717) is 19.5 Å². The zero-order chi connectivity index (χ0) is 17.2. The molecule has 0 saturated carbocycles. The Morgan fingerprint density at radius 3 is 2.67 bits per heavy atom. The number of aromatic nitrogens is 1. The molecular formula is C17H23N3O3S. The van der Waals surface area contributed by atoms with Gasteiger partial charge in [-0.3, -0.25) is 4.79 Å². The fourth-order valence-corrected chi connectivity index (χ4v) is 3.99. The summed E-state index contributed by atoms with van der Waals surface area (Å²) in [6.07, 6.45) is 6.36. The quantitative estimate of drug-likeness (QED) is 0.861. The second kappa shape index (κ2) is 6.94. The molecule has 7 heteroatoms. The first-order chi connectivity index (χ1) is 11.4. The molecule has 6 nitrogen and oxygen atoms in total. The molecule has 0 bridgehead atoms. The van der Waals surface area contributed by atoms with Gasteiger partial charge in [0, 0.05) is 30.2 Å². The summed E-state index contributed by atoms with van der Waals surface area (Å²) in [7, 11) is -3.47. The first kappa shape index (κ1) is 17.0. The van der Waals surface area contributed by atoms with E-state index in [1.807, 2.05) is 30.5 Å². The van der Waals surface area contributed by atoms with Crippen molar-refractivity contribution in [3.8, 4) is 0 Å². The van der Waals surface area contributed by atoms with Gasteiger partial charge in [0.1, 0.15) is 6.04 Å². The van der Waals surface area contributed by atoms with Crippen molar-refractivity contribution in [1.29, 1.82) is 0 Å². The topological polar surface area (TPSA) is 82.3 Å². The van der Waals surface area contributed by atoms with Crippen LogP contribution in [0.3, 0.4) is 0 Å². The number of hydrogen-bond donors (Lipinski definition) is 2. The molecule has 1 atom stereocenters. The van der Waals surface area contributed by atoms with Gasteiger partial charge in [-0.25, -0.2) is 13.1 Å². The minimum atomic E-state index is -3.47. The molecule has 0 aliphatic carbocycles. The average molecular weight is 349 g/mol. The van der Waals surface area contributed by atoms with Crippen molar-refractivity contribution in [3.63, 3.8) is 0 Å². The van der Waals surface area contributed by atoms with Crippen LogP contribution in [-0.4, -0.2) is 49.6 Å². The van der Waals surface area contributed by atoms with Crippen molar-refractivity contribution in [3.05, 3.63) is 36.0 Å². The van der Waals surface area contributed by atoms with E-state index >= 15 is 0 Å². The highest BCUT2D eigenvalue weighted by molar-refractivity contribution is 7.88. The van der Waals surface area contributed by atoms with Crippen LogP contribution in [0.15, 0.2) is 30.5 Å². The molecule has 1 aliphatic heterocycles. The number of hydrogen-bond acceptors (Lipinski definition) is 3. The van der Waals surface area contributed by atoms with E-state index < -0.39 is 16.1 Å². The Kier molecular flexibility index (Phi) is 4.91. The lowest BCUT2D eigenvalue weighted by atomic mass is 10.0. The van der Waals surface area contributed by atoms with Gasteiger partial charge < -0.3 is 9.88 Å². The van der Waals surface area contributed by atoms with E-state index in [0.717, 1.165) is 42.0 Å². The fraction of sp³-hybridized carbons (Fsp3) is 0.471. The van der Waals surface area contributed by atoms with Gasteiger partial charge in [-0.15, -0.1) is 0 Å². The van der Waals surface area contributed by atoms with Crippen molar-refractivity contribution in [2.45, 2.75) is 31.7 Å². The Morgan fingerprint density at radius 1 is 1.25 bits per heavy atom. The van der Waals surface area contributed by atoms with Crippen LogP contribution in [0, 0.1) is 0 Å². The number of fused-ring (bicyclic) bond motifs is 1. The predicted molar refractivity (Wildman–Crippen MR) is 94.2 cm³/mol. The van der Waals surface area contributed by atoms with Gasteiger partial charge in [-0.2, -0.15) is 0 Å². The van der Waals surface area contributed by atoms with E-state index in [1.54, 1.807) is 4.90 Å². The molecule has 3 rings (SSSR count). The number of aromatic amines is 1. The maximum Gasteiger partial charge on any atom is 0.241 e. The summed E-state index contributed by atoms with van der Waals surface area (Å²) >= 11 is 0. The number of carbonyl (C=O) groups excluding carboxylic acids is 1. The molecule has 1 aliphatic rings. The number of carbonyl (C=O) groups is 1. The number of sulfonamides is 1. The molecule has 1 amide bonds. The predicted octanol–water partition coefficient (Wildman–Crippen LogP) is 1.64. The molecule has 1 fully saturated rings. The van der Waals surface area contributed by atoms with E-state index in [4.69, 9.17) is 0 Å². The Morgan fingerprint density at radius 2 is 1.96 bits per heavy atom. The maximum absolute atomic E-state index is 12.8. The summed E-state index contributed by atoms with van der Waals surface area (Å²) in [6, 6.07) is 7.05.